The van der Waals surface area contributed by atoms with Gasteiger partial charge < -0.3 is 15.2 Å². The number of nitriles is 1. The van der Waals surface area contributed by atoms with Crippen molar-refractivity contribution in [2.75, 3.05) is 23.7 Å². The molecule has 0 aromatic carbocycles. The lowest BCUT2D eigenvalue weighted by Crippen LogP contribution is -2.28. The van der Waals surface area contributed by atoms with Crippen LogP contribution in [0.4, 0.5) is 11.5 Å². The lowest BCUT2D eigenvalue weighted by Gasteiger charge is -2.27. The molecule has 0 amide bonds. The highest BCUT2D eigenvalue weighted by Crippen LogP contribution is 2.33. The largest absolute Gasteiger partial charge is 0.396 e. The summed E-state index contributed by atoms with van der Waals surface area (Å²) in [7, 11) is 0. The van der Waals surface area contributed by atoms with Crippen LogP contribution in [0.2, 0.25) is 0 Å². The Labute approximate surface area is 115 Å². The molecule has 0 aliphatic carbocycles. The van der Waals surface area contributed by atoms with E-state index >= 15 is 0 Å². The van der Waals surface area contributed by atoms with E-state index in [0.29, 0.717) is 11.7 Å². The maximum absolute atomic E-state index is 9.31. The Morgan fingerprint density at radius 2 is 1.95 bits per heavy atom. The molecule has 0 spiro atoms. The molecule has 1 aromatic rings. The van der Waals surface area contributed by atoms with E-state index in [0.717, 1.165) is 31.0 Å². The van der Waals surface area contributed by atoms with E-state index in [1.165, 1.54) is 25.7 Å². The van der Waals surface area contributed by atoms with Crippen LogP contribution in [-0.4, -0.2) is 17.7 Å². The summed E-state index contributed by atoms with van der Waals surface area (Å²) < 4.78 is 2.13. The third-order valence-corrected chi connectivity index (χ3v) is 4.09. The van der Waals surface area contributed by atoms with Crippen LogP contribution in [0.1, 0.15) is 57.7 Å². The second kappa shape index (κ2) is 6.01. The van der Waals surface area contributed by atoms with E-state index in [4.69, 9.17) is 5.73 Å². The van der Waals surface area contributed by atoms with Crippen molar-refractivity contribution in [1.29, 1.82) is 5.26 Å². The van der Waals surface area contributed by atoms with Crippen molar-refractivity contribution in [1.82, 2.24) is 4.57 Å². The van der Waals surface area contributed by atoms with Crippen LogP contribution in [0.15, 0.2) is 6.07 Å². The number of nitrogens with zero attached hydrogens (tertiary/aromatic N) is 3. The molecule has 1 aromatic heterocycles. The summed E-state index contributed by atoms with van der Waals surface area (Å²) in [5.41, 5.74) is 7.61. The molecule has 104 valence electrons. The van der Waals surface area contributed by atoms with Crippen molar-refractivity contribution >= 4 is 11.5 Å². The number of rotatable bonds is 3. The lowest BCUT2D eigenvalue weighted by molar-refractivity contribution is 0.523. The lowest BCUT2D eigenvalue weighted by atomic mass is 10.2. The summed E-state index contributed by atoms with van der Waals surface area (Å²) in [6, 6.07) is 4.42. The smallest absolute Gasteiger partial charge is 0.133 e. The van der Waals surface area contributed by atoms with Gasteiger partial charge in [0.25, 0.3) is 0 Å². The highest BCUT2D eigenvalue weighted by Gasteiger charge is 2.22. The van der Waals surface area contributed by atoms with Crippen molar-refractivity contribution in [3.63, 3.8) is 0 Å². The Morgan fingerprint density at radius 1 is 1.32 bits per heavy atom. The van der Waals surface area contributed by atoms with Crippen LogP contribution >= 0.6 is 0 Å². The maximum atomic E-state index is 9.31. The van der Waals surface area contributed by atoms with E-state index in [1.807, 2.05) is 6.07 Å². The summed E-state index contributed by atoms with van der Waals surface area (Å²) in [5, 5.41) is 9.31. The van der Waals surface area contributed by atoms with E-state index in [2.05, 4.69) is 29.4 Å². The van der Waals surface area contributed by atoms with Crippen LogP contribution in [0.25, 0.3) is 0 Å². The predicted molar refractivity (Wildman–Crippen MR) is 79.2 cm³/mol. The highest BCUT2D eigenvalue weighted by molar-refractivity contribution is 5.68. The van der Waals surface area contributed by atoms with Crippen molar-refractivity contribution in [2.45, 2.75) is 52.0 Å². The number of nitrogen functional groups attached to an aromatic ring is 1. The Bertz CT molecular complexity index is 461. The van der Waals surface area contributed by atoms with Crippen LogP contribution in [-0.2, 0) is 0 Å². The third kappa shape index (κ3) is 2.70. The van der Waals surface area contributed by atoms with Crippen molar-refractivity contribution < 1.29 is 0 Å². The molecule has 0 radical (unpaired) electrons. The first-order valence-electron chi connectivity index (χ1n) is 7.34. The fourth-order valence-electron chi connectivity index (χ4n) is 2.87. The summed E-state index contributed by atoms with van der Waals surface area (Å²) in [6.07, 6.45) is 6.03. The van der Waals surface area contributed by atoms with Gasteiger partial charge in [-0.25, -0.2) is 0 Å². The monoisotopic (exact) mass is 260 g/mol. The van der Waals surface area contributed by atoms with Crippen molar-refractivity contribution in [3.8, 4) is 6.07 Å². The van der Waals surface area contributed by atoms with E-state index in [1.54, 1.807) is 0 Å². The fraction of sp³-hybridized carbons (Fsp3) is 0.667. The molecule has 0 unspecified atom stereocenters. The molecule has 1 saturated heterocycles. The van der Waals surface area contributed by atoms with Gasteiger partial charge in [-0.3, -0.25) is 0 Å². The molecule has 1 aliphatic heterocycles. The number of anilines is 2. The highest BCUT2D eigenvalue weighted by atomic mass is 15.3. The van der Waals surface area contributed by atoms with Crippen LogP contribution in [0.3, 0.4) is 0 Å². The molecule has 1 atom stereocenters. The summed E-state index contributed by atoms with van der Waals surface area (Å²) in [5.74, 6) is 1.06. The van der Waals surface area contributed by atoms with E-state index in [9.17, 15) is 5.26 Å². The first kappa shape index (κ1) is 13.8. The van der Waals surface area contributed by atoms with Gasteiger partial charge in [-0.05, 0) is 32.3 Å². The van der Waals surface area contributed by atoms with Gasteiger partial charge in [-0.1, -0.05) is 19.8 Å². The van der Waals surface area contributed by atoms with Gasteiger partial charge in [0.05, 0.1) is 5.69 Å². The van der Waals surface area contributed by atoms with Gasteiger partial charge >= 0.3 is 0 Å². The summed E-state index contributed by atoms with van der Waals surface area (Å²) >= 11 is 0. The average Bonchev–Trinajstić information content (AvgIpc) is 2.60. The first-order valence-corrected chi connectivity index (χ1v) is 7.34. The number of hydrogen-bond acceptors (Lipinski definition) is 3. The van der Waals surface area contributed by atoms with Crippen LogP contribution < -0.4 is 10.6 Å². The van der Waals surface area contributed by atoms with Gasteiger partial charge in [0.2, 0.25) is 0 Å². The average molecular weight is 260 g/mol. The third-order valence-electron chi connectivity index (χ3n) is 4.09. The zero-order chi connectivity index (χ0) is 13.8. The molecule has 19 heavy (non-hydrogen) atoms. The molecular weight excluding hydrogens is 236 g/mol. The number of aromatic nitrogens is 1. The van der Waals surface area contributed by atoms with Gasteiger partial charge in [-0.2, -0.15) is 5.26 Å². The maximum Gasteiger partial charge on any atom is 0.133 e. The minimum atomic E-state index is 0.310. The molecule has 4 heteroatoms. The van der Waals surface area contributed by atoms with Crippen LogP contribution in [0, 0.1) is 11.3 Å². The molecule has 2 N–H and O–H groups in total. The Morgan fingerprint density at radius 3 is 2.47 bits per heavy atom. The second-order valence-corrected chi connectivity index (χ2v) is 5.45. The van der Waals surface area contributed by atoms with Gasteiger partial charge in [0.1, 0.15) is 17.6 Å². The summed E-state index contributed by atoms with van der Waals surface area (Å²) in [4.78, 5) is 2.37. The molecule has 2 heterocycles. The fourth-order valence-corrected chi connectivity index (χ4v) is 2.87. The Hall–Kier alpha value is -1.63. The minimum Gasteiger partial charge on any atom is -0.396 e. The standard InChI is InChI=1S/C15H24N4/c1-3-12(2)19-13(11-16)10-14(17)15(19)18-8-6-4-5-7-9-18/h10,12H,3-9,17H2,1-2H3/t12-/m0/s1. The van der Waals surface area contributed by atoms with E-state index < -0.39 is 0 Å². The zero-order valence-corrected chi connectivity index (χ0v) is 12.0. The SMILES string of the molecule is CC[C@H](C)n1c(C#N)cc(N)c1N1CCCCCC1. The molecule has 1 aliphatic rings. The van der Waals surface area contributed by atoms with E-state index in [-0.39, 0.29) is 0 Å². The minimum absolute atomic E-state index is 0.310. The summed E-state index contributed by atoms with van der Waals surface area (Å²) in [6.45, 7) is 6.40. The molecule has 0 saturated carbocycles. The number of nitrogens with two attached hydrogens (primary N) is 1. The predicted octanol–water partition coefficient (Wildman–Crippen LogP) is 3.29. The van der Waals surface area contributed by atoms with Crippen molar-refractivity contribution in [3.05, 3.63) is 11.8 Å². The van der Waals surface area contributed by atoms with Gasteiger partial charge in [0.15, 0.2) is 0 Å². The van der Waals surface area contributed by atoms with Gasteiger partial charge in [-0.15, -0.1) is 0 Å². The molecule has 0 bridgehead atoms. The second-order valence-electron chi connectivity index (χ2n) is 5.45. The quantitative estimate of drug-likeness (QED) is 0.907. The molecule has 2 rings (SSSR count). The number of hydrogen-bond donors (Lipinski definition) is 1. The topological polar surface area (TPSA) is 58.0 Å². The molecule has 4 nitrogen and oxygen atoms in total. The first-order chi connectivity index (χ1) is 9.19. The zero-order valence-electron chi connectivity index (χ0n) is 12.0. The van der Waals surface area contributed by atoms with Crippen molar-refractivity contribution in [2.24, 2.45) is 0 Å². The molecule has 1 fully saturated rings. The Kier molecular flexibility index (Phi) is 4.36. The Balaban J connectivity index is 2.42. The molecular formula is C15H24N4. The van der Waals surface area contributed by atoms with Gasteiger partial charge in [0, 0.05) is 19.1 Å². The van der Waals surface area contributed by atoms with Crippen LogP contribution in [0.5, 0.6) is 0 Å². The normalized spacial score (nSPS) is 17.8.